The van der Waals surface area contributed by atoms with Crippen molar-refractivity contribution in [2.24, 2.45) is 0 Å². The minimum Gasteiger partial charge on any atom is -0.495 e. The maximum absolute atomic E-state index is 12.7. The molecule has 2 N–H and O–H groups in total. The number of hydrogen-bond acceptors (Lipinski definition) is 4. The first kappa shape index (κ1) is 20.8. The normalized spacial score (nSPS) is 15.9. The number of methoxy groups -OCH3 is 1. The highest BCUT2D eigenvalue weighted by Gasteiger charge is 2.31. The van der Waals surface area contributed by atoms with E-state index in [0.29, 0.717) is 37.6 Å². The molecule has 3 rings (SSSR count). The van der Waals surface area contributed by atoms with Crippen LogP contribution in [0.4, 0.5) is 5.69 Å². The van der Waals surface area contributed by atoms with Crippen LogP contribution in [0.5, 0.6) is 5.75 Å². The number of hydrogen-bond donors (Lipinski definition) is 2. The van der Waals surface area contributed by atoms with Crippen LogP contribution in [-0.2, 0) is 14.8 Å². The summed E-state index contributed by atoms with van der Waals surface area (Å²) < 4.78 is 33.1. The van der Waals surface area contributed by atoms with Crippen molar-refractivity contribution >= 4 is 37.5 Å². The van der Waals surface area contributed by atoms with Gasteiger partial charge in [-0.05, 0) is 36.4 Å². The van der Waals surface area contributed by atoms with Gasteiger partial charge in [0.15, 0.2) is 6.54 Å². The van der Waals surface area contributed by atoms with Crippen LogP contribution < -0.4 is 15.0 Å². The number of carbonyl (C=O) groups is 1. The van der Waals surface area contributed by atoms with E-state index in [1.807, 2.05) is 12.1 Å². The molecule has 1 heterocycles. The summed E-state index contributed by atoms with van der Waals surface area (Å²) in [6.07, 6.45) is 0. The van der Waals surface area contributed by atoms with Crippen LogP contribution in [-0.4, -0.2) is 58.5 Å². The first-order valence-corrected chi connectivity index (χ1v) is 11.2. The number of amides is 1. The molecule has 9 heteroatoms. The Morgan fingerprint density at radius 3 is 2.43 bits per heavy atom. The van der Waals surface area contributed by atoms with E-state index in [1.165, 1.54) is 4.31 Å². The van der Waals surface area contributed by atoms with E-state index in [0.717, 1.165) is 9.37 Å². The maximum Gasteiger partial charge on any atom is 0.279 e. The van der Waals surface area contributed by atoms with Crippen molar-refractivity contribution in [3.8, 4) is 5.75 Å². The van der Waals surface area contributed by atoms with Crippen LogP contribution in [0.3, 0.4) is 0 Å². The number of halogens is 1. The van der Waals surface area contributed by atoms with Crippen LogP contribution in [0.25, 0.3) is 0 Å². The number of quaternary nitrogens is 1. The Morgan fingerprint density at radius 2 is 1.79 bits per heavy atom. The van der Waals surface area contributed by atoms with E-state index in [4.69, 9.17) is 4.74 Å². The predicted molar refractivity (Wildman–Crippen MR) is 110 cm³/mol. The van der Waals surface area contributed by atoms with Gasteiger partial charge in [-0.2, -0.15) is 4.31 Å². The van der Waals surface area contributed by atoms with Crippen LogP contribution in [0.1, 0.15) is 0 Å². The molecule has 1 aliphatic rings. The molecule has 150 valence electrons. The predicted octanol–water partition coefficient (Wildman–Crippen LogP) is 0.986. The third kappa shape index (κ3) is 4.91. The Bertz CT molecular complexity index is 926. The number of para-hydroxylation sites is 2. The number of rotatable bonds is 6. The van der Waals surface area contributed by atoms with Crippen molar-refractivity contribution in [1.82, 2.24) is 4.31 Å². The lowest BCUT2D eigenvalue weighted by Gasteiger charge is -2.31. The summed E-state index contributed by atoms with van der Waals surface area (Å²) in [5.74, 6) is 0.486. The molecule has 1 amide bonds. The molecule has 1 fully saturated rings. The van der Waals surface area contributed by atoms with E-state index >= 15 is 0 Å². The first-order valence-electron chi connectivity index (χ1n) is 8.92. The minimum atomic E-state index is -3.51. The number of nitrogens with zero attached hydrogens (tertiary/aromatic N) is 1. The Hall–Kier alpha value is -1.94. The fourth-order valence-corrected chi connectivity index (χ4v) is 4.85. The van der Waals surface area contributed by atoms with Gasteiger partial charge in [-0.3, -0.25) is 4.79 Å². The average Bonchev–Trinajstić information content (AvgIpc) is 2.69. The molecule has 0 unspecified atom stereocenters. The Labute approximate surface area is 173 Å². The third-order valence-electron chi connectivity index (χ3n) is 4.67. The highest BCUT2D eigenvalue weighted by atomic mass is 79.9. The van der Waals surface area contributed by atoms with Gasteiger partial charge in [0.1, 0.15) is 5.75 Å². The van der Waals surface area contributed by atoms with Crippen LogP contribution in [0.15, 0.2) is 57.9 Å². The van der Waals surface area contributed by atoms with Crippen LogP contribution in [0.2, 0.25) is 0 Å². The summed E-state index contributed by atoms with van der Waals surface area (Å²) in [4.78, 5) is 13.7. The number of nitrogens with one attached hydrogen (secondary N) is 2. The summed E-state index contributed by atoms with van der Waals surface area (Å²) in [6, 6.07) is 13.9. The topological polar surface area (TPSA) is 80.2 Å². The highest BCUT2D eigenvalue weighted by Crippen LogP contribution is 2.22. The minimum absolute atomic E-state index is 0.122. The lowest BCUT2D eigenvalue weighted by Crippen LogP contribution is -3.15. The lowest BCUT2D eigenvalue weighted by molar-refractivity contribution is -0.895. The second-order valence-electron chi connectivity index (χ2n) is 6.53. The Balaban J connectivity index is 1.55. The largest absolute Gasteiger partial charge is 0.495 e. The molecule has 1 saturated heterocycles. The molecule has 7 nitrogen and oxygen atoms in total. The number of carbonyl (C=O) groups excluding carboxylic acids is 1. The number of sulfonamides is 1. The van der Waals surface area contributed by atoms with E-state index in [-0.39, 0.29) is 17.3 Å². The zero-order valence-corrected chi connectivity index (χ0v) is 17.9. The summed E-state index contributed by atoms with van der Waals surface area (Å²) in [5.41, 5.74) is 0.630. The van der Waals surface area contributed by atoms with Crippen LogP contribution in [0, 0.1) is 0 Å². The highest BCUT2D eigenvalue weighted by molar-refractivity contribution is 9.10. The molecule has 0 radical (unpaired) electrons. The average molecular weight is 469 g/mol. The fourth-order valence-electron chi connectivity index (χ4n) is 3.14. The molecule has 1 aliphatic heterocycles. The van der Waals surface area contributed by atoms with Gasteiger partial charge in [-0.15, -0.1) is 0 Å². The summed E-state index contributed by atoms with van der Waals surface area (Å²) >= 11 is 3.31. The second kappa shape index (κ2) is 9.04. The molecular formula is C19H23BrN3O4S+. The van der Waals surface area contributed by atoms with Gasteiger partial charge in [-0.1, -0.05) is 28.1 Å². The van der Waals surface area contributed by atoms with Crippen molar-refractivity contribution in [2.45, 2.75) is 4.90 Å². The molecule has 0 spiro atoms. The van der Waals surface area contributed by atoms with Crippen molar-refractivity contribution in [2.75, 3.05) is 45.2 Å². The maximum atomic E-state index is 12.7. The van der Waals surface area contributed by atoms with Gasteiger partial charge in [0.05, 0.1) is 43.9 Å². The molecule has 2 aromatic rings. The van der Waals surface area contributed by atoms with E-state index < -0.39 is 10.0 Å². The Morgan fingerprint density at radius 1 is 1.14 bits per heavy atom. The summed E-state index contributed by atoms with van der Waals surface area (Å²) in [7, 11) is -1.95. The zero-order chi connectivity index (χ0) is 20.1. The van der Waals surface area contributed by atoms with E-state index in [2.05, 4.69) is 21.2 Å². The smallest absolute Gasteiger partial charge is 0.279 e. The lowest BCUT2D eigenvalue weighted by atomic mass is 10.3. The second-order valence-corrected chi connectivity index (χ2v) is 9.39. The molecule has 0 aromatic heterocycles. The third-order valence-corrected chi connectivity index (χ3v) is 7.11. The standard InChI is InChI=1S/C19H22BrN3O4S/c1-27-18-5-3-2-4-17(18)21-19(24)14-22-10-12-23(13-11-22)28(25,26)16-8-6-15(20)7-9-16/h2-9H,10-14H2,1H3,(H,21,24)/p+1. The number of benzene rings is 2. The molecular weight excluding hydrogens is 446 g/mol. The van der Waals surface area contributed by atoms with Crippen molar-refractivity contribution in [1.29, 1.82) is 0 Å². The molecule has 2 aromatic carbocycles. The zero-order valence-electron chi connectivity index (χ0n) is 15.5. The van der Waals surface area contributed by atoms with Gasteiger partial charge < -0.3 is 15.0 Å². The molecule has 0 aliphatic carbocycles. The van der Waals surface area contributed by atoms with E-state index in [1.54, 1.807) is 43.5 Å². The SMILES string of the molecule is COc1ccccc1NC(=O)C[NH+]1CCN(S(=O)(=O)c2ccc(Br)cc2)CC1. The molecule has 28 heavy (non-hydrogen) atoms. The monoisotopic (exact) mass is 468 g/mol. The summed E-state index contributed by atoms with van der Waals surface area (Å²) in [5, 5.41) is 2.86. The van der Waals surface area contributed by atoms with Crippen molar-refractivity contribution in [3.05, 3.63) is 53.0 Å². The van der Waals surface area contributed by atoms with E-state index in [9.17, 15) is 13.2 Å². The van der Waals surface area contributed by atoms with Gasteiger partial charge in [0.25, 0.3) is 5.91 Å². The van der Waals surface area contributed by atoms with Gasteiger partial charge in [-0.25, -0.2) is 8.42 Å². The fraction of sp³-hybridized carbons (Fsp3) is 0.316. The number of ether oxygens (including phenoxy) is 1. The van der Waals surface area contributed by atoms with Gasteiger partial charge in [0.2, 0.25) is 10.0 Å². The Kier molecular flexibility index (Phi) is 6.71. The number of anilines is 1. The van der Waals surface area contributed by atoms with Crippen molar-refractivity contribution in [3.63, 3.8) is 0 Å². The number of piperazine rings is 1. The first-order chi connectivity index (χ1) is 13.4. The van der Waals surface area contributed by atoms with Crippen molar-refractivity contribution < 1.29 is 22.8 Å². The van der Waals surface area contributed by atoms with Crippen LogP contribution >= 0.6 is 15.9 Å². The van der Waals surface area contributed by atoms with Gasteiger partial charge in [0, 0.05) is 4.47 Å². The quantitative estimate of drug-likeness (QED) is 0.662. The molecule has 0 saturated carbocycles. The van der Waals surface area contributed by atoms with Gasteiger partial charge >= 0.3 is 0 Å². The molecule has 0 atom stereocenters. The summed E-state index contributed by atoms with van der Waals surface area (Å²) in [6.45, 7) is 2.21. The molecule has 0 bridgehead atoms.